The van der Waals surface area contributed by atoms with Gasteiger partial charge in [0.05, 0.1) is 5.56 Å². The normalized spacial score (nSPS) is 12.2. The number of anilines is 1. The molecule has 0 radical (unpaired) electrons. The average molecular weight is 260 g/mol. The summed E-state index contributed by atoms with van der Waals surface area (Å²) in [5.41, 5.74) is 0.0903. The topological polar surface area (TPSA) is 15.3 Å². The smallest absolute Gasteiger partial charge is 0.384 e. The van der Waals surface area contributed by atoms with Crippen LogP contribution < -0.4 is 5.32 Å². The predicted molar refractivity (Wildman–Crippen MR) is 67.7 cm³/mol. The minimum Gasteiger partial charge on any atom is -0.384 e. The molecule has 0 heterocycles. The van der Waals surface area contributed by atoms with E-state index in [4.69, 9.17) is 0 Å². The van der Waals surface area contributed by atoms with Crippen LogP contribution >= 0.6 is 0 Å². The van der Waals surface area contributed by atoms with Crippen molar-refractivity contribution in [1.82, 2.24) is 4.90 Å². The molecule has 5 heteroatoms. The van der Waals surface area contributed by atoms with Gasteiger partial charge in [0.25, 0.3) is 0 Å². The van der Waals surface area contributed by atoms with E-state index >= 15 is 0 Å². The van der Waals surface area contributed by atoms with Gasteiger partial charge >= 0.3 is 6.18 Å². The van der Waals surface area contributed by atoms with Crippen LogP contribution in [0.3, 0.4) is 0 Å². The first kappa shape index (κ1) is 14.8. The maximum Gasteiger partial charge on any atom is 0.416 e. The van der Waals surface area contributed by atoms with Crippen LogP contribution in [0.25, 0.3) is 0 Å². The van der Waals surface area contributed by atoms with Gasteiger partial charge in [-0.15, -0.1) is 0 Å². The number of rotatable bonds is 5. The van der Waals surface area contributed by atoms with Crippen LogP contribution in [0.2, 0.25) is 0 Å². The first-order valence-electron chi connectivity index (χ1n) is 5.92. The highest BCUT2D eigenvalue weighted by Gasteiger charge is 2.29. The van der Waals surface area contributed by atoms with Crippen LogP contribution in [0.4, 0.5) is 18.9 Å². The van der Waals surface area contributed by atoms with Crippen molar-refractivity contribution in [1.29, 1.82) is 0 Å². The Labute approximate surface area is 106 Å². The van der Waals surface area contributed by atoms with Gasteiger partial charge in [0.1, 0.15) is 0 Å². The van der Waals surface area contributed by atoms with Gasteiger partial charge in [-0.05, 0) is 45.2 Å². The van der Waals surface area contributed by atoms with E-state index in [1.54, 1.807) is 0 Å². The van der Waals surface area contributed by atoms with Crippen molar-refractivity contribution in [3.05, 3.63) is 29.8 Å². The highest BCUT2D eigenvalue weighted by atomic mass is 19.4. The molecule has 0 atom stereocenters. The summed E-state index contributed by atoms with van der Waals surface area (Å²) in [6.45, 7) is 5.75. The van der Waals surface area contributed by atoms with Crippen molar-refractivity contribution in [2.24, 2.45) is 0 Å². The number of halogens is 3. The number of nitrogens with zero attached hydrogens (tertiary/aromatic N) is 1. The van der Waals surface area contributed by atoms with Gasteiger partial charge in [-0.25, -0.2) is 0 Å². The summed E-state index contributed by atoms with van der Waals surface area (Å²) in [5, 5.41) is 3.10. The molecule has 102 valence electrons. The Morgan fingerprint density at radius 1 is 1.17 bits per heavy atom. The van der Waals surface area contributed by atoms with Crippen molar-refractivity contribution >= 4 is 5.69 Å². The molecule has 0 saturated heterocycles. The fourth-order valence-electron chi connectivity index (χ4n) is 1.41. The summed E-state index contributed by atoms with van der Waals surface area (Å²) in [6, 6.07) is 5.55. The number of benzene rings is 1. The molecule has 0 fully saturated rings. The Hall–Kier alpha value is -1.23. The lowest BCUT2D eigenvalue weighted by molar-refractivity contribution is -0.137. The Kier molecular flexibility index (Phi) is 5.02. The number of hydrogen-bond donors (Lipinski definition) is 1. The highest BCUT2D eigenvalue weighted by Crippen LogP contribution is 2.29. The fourth-order valence-corrected chi connectivity index (χ4v) is 1.41. The SMILES string of the molecule is CC(C)N(C)CCNc1ccc(C(F)(F)F)cc1. The molecule has 1 N–H and O–H groups in total. The summed E-state index contributed by atoms with van der Waals surface area (Å²) in [5.74, 6) is 0. The van der Waals surface area contributed by atoms with Gasteiger partial charge in [-0.1, -0.05) is 0 Å². The van der Waals surface area contributed by atoms with Crippen molar-refractivity contribution in [3.8, 4) is 0 Å². The summed E-state index contributed by atoms with van der Waals surface area (Å²) < 4.78 is 37.0. The number of nitrogens with one attached hydrogen (secondary N) is 1. The number of alkyl halides is 3. The zero-order valence-electron chi connectivity index (χ0n) is 10.9. The Morgan fingerprint density at radius 2 is 1.72 bits per heavy atom. The van der Waals surface area contributed by atoms with E-state index in [-0.39, 0.29) is 0 Å². The highest BCUT2D eigenvalue weighted by molar-refractivity contribution is 5.45. The van der Waals surface area contributed by atoms with E-state index in [9.17, 15) is 13.2 Å². The third-order valence-electron chi connectivity index (χ3n) is 2.89. The molecule has 1 aromatic carbocycles. The third kappa shape index (κ3) is 4.56. The van der Waals surface area contributed by atoms with Crippen molar-refractivity contribution < 1.29 is 13.2 Å². The van der Waals surface area contributed by atoms with Gasteiger partial charge in [0.15, 0.2) is 0 Å². The summed E-state index contributed by atoms with van der Waals surface area (Å²) in [4.78, 5) is 2.16. The fraction of sp³-hybridized carbons (Fsp3) is 0.538. The molecule has 1 rings (SSSR count). The van der Waals surface area contributed by atoms with Crippen LogP contribution in [0, 0.1) is 0 Å². The molecule has 0 saturated carbocycles. The van der Waals surface area contributed by atoms with Crippen LogP contribution in [-0.4, -0.2) is 31.1 Å². The molecule has 0 spiro atoms. The second-order valence-electron chi connectivity index (χ2n) is 4.58. The first-order chi connectivity index (χ1) is 8.30. The zero-order chi connectivity index (χ0) is 13.8. The van der Waals surface area contributed by atoms with E-state index in [0.717, 1.165) is 18.7 Å². The molecule has 1 aromatic rings. The van der Waals surface area contributed by atoms with Crippen molar-refractivity contribution in [2.45, 2.75) is 26.1 Å². The number of likely N-dealkylation sites (N-methyl/N-ethyl adjacent to an activating group) is 1. The molecule has 2 nitrogen and oxygen atoms in total. The van der Waals surface area contributed by atoms with E-state index in [0.29, 0.717) is 18.3 Å². The molecule has 0 bridgehead atoms. The van der Waals surface area contributed by atoms with Gasteiger partial charge in [-0.2, -0.15) is 13.2 Å². The van der Waals surface area contributed by atoms with E-state index in [1.165, 1.54) is 12.1 Å². The summed E-state index contributed by atoms with van der Waals surface area (Å²) in [6.07, 6.45) is -4.27. The van der Waals surface area contributed by atoms with Gasteiger partial charge in [0.2, 0.25) is 0 Å². The average Bonchev–Trinajstić information content (AvgIpc) is 2.28. The molecule has 18 heavy (non-hydrogen) atoms. The summed E-state index contributed by atoms with van der Waals surface area (Å²) in [7, 11) is 2.01. The Morgan fingerprint density at radius 3 is 2.17 bits per heavy atom. The van der Waals surface area contributed by atoms with Crippen LogP contribution in [0.5, 0.6) is 0 Å². The lowest BCUT2D eigenvalue weighted by atomic mass is 10.2. The van der Waals surface area contributed by atoms with E-state index in [2.05, 4.69) is 24.1 Å². The van der Waals surface area contributed by atoms with Gasteiger partial charge in [0, 0.05) is 24.8 Å². The predicted octanol–water partition coefficient (Wildman–Crippen LogP) is 3.46. The molecule has 0 aliphatic carbocycles. The summed E-state index contributed by atoms with van der Waals surface area (Å²) >= 11 is 0. The monoisotopic (exact) mass is 260 g/mol. The van der Waals surface area contributed by atoms with Crippen LogP contribution in [-0.2, 0) is 6.18 Å². The van der Waals surface area contributed by atoms with Crippen LogP contribution in [0.1, 0.15) is 19.4 Å². The maximum absolute atomic E-state index is 12.3. The molecular formula is C13H19F3N2. The van der Waals surface area contributed by atoms with Crippen LogP contribution in [0.15, 0.2) is 24.3 Å². The second-order valence-corrected chi connectivity index (χ2v) is 4.58. The minimum atomic E-state index is -4.27. The minimum absolute atomic E-state index is 0.458. The third-order valence-corrected chi connectivity index (χ3v) is 2.89. The molecule has 0 unspecified atom stereocenters. The molecule has 0 amide bonds. The van der Waals surface area contributed by atoms with Gasteiger partial charge < -0.3 is 10.2 Å². The Bertz CT molecular complexity index is 357. The number of hydrogen-bond acceptors (Lipinski definition) is 2. The first-order valence-corrected chi connectivity index (χ1v) is 5.92. The molecular weight excluding hydrogens is 241 g/mol. The van der Waals surface area contributed by atoms with Crippen molar-refractivity contribution in [3.63, 3.8) is 0 Å². The molecule has 0 aromatic heterocycles. The quantitative estimate of drug-likeness (QED) is 0.872. The molecule has 0 aliphatic heterocycles. The van der Waals surface area contributed by atoms with E-state index < -0.39 is 11.7 Å². The van der Waals surface area contributed by atoms with E-state index in [1.807, 2.05) is 7.05 Å². The zero-order valence-corrected chi connectivity index (χ0v) is 10.9. The second kappa shape index (κ2) is 6.09. The Balaban J connectivity index is 2.45. The lowest BCUT2D eigenvalue weighted by Gasteiger charge is -2.21. The van der Waals surface area contributed by atoms with Gasteiger partial charge in [-0.3, -0.25) is 0 Å². The maximum atomic E-state index is 12.3. The lowest BCUT2D eigenvalue weighted by Crippen LogP contribution is -2.31. The standard InChI is InChI=1S/C13H19F3N2/c1-10(2)18(3)9-8-17-12-6-4-11(5-7-12)13(14,15)16/h4-7,10,17H,8-9H2,1-3H3. The largest absolute Gasteiger partial charge is 0.416 e. The molecule has 0 aliphatic rings. The van der Waals surface area contributed by atoms with Crippen molar-refractivity contribution in [2.75, 3.05) is 25.5 Å².